The number of benzene rings is 5. The van der Waals surface area contributed by atoms with Crippen molar-refractivity contribution in [3.63, 3.8) is 0 Å². The van der Waals surface area contributed by atoms with Crippen molar-refractivity contribution in [3.8, 4) is 22.9 Å². The van der Waals surface area contributed by atoms with Crippen LogP contribution in [-0.4, -0.2) is 14.5 Å². The quantitative estimate of drug-likeness (QED) is 0.202. The summed E-state index contributed by atoms with van der Waals surface area (Å²) in [5.41, 5.74) is 8.85. The van der Waals surface area contributed by atoms with Gasteiger partial charge in [-0.15, -0.1) is 0 Å². The fraction of sp³-hybridized carbons (Fsp3) is 0.100. The standard InChI is InChI=1S/C40H30N4O2/c1-40(2)30-20-18-27(45-26-12-10-11-25(23-26)39-42-32-14-5-6-15-33(32)43(39)3)24-34(30)44(36-17-8-9-22-41-36)37-31(40)21-19-29-28-13-4-7-16-35(28)46-38(29)37/h4-24H,1-3H3. The Balaban J connectivity index is 1.19. The van der Waals surface area contributed by atoms with Gasteiger partial charge in [0.15, 0.2) is 5.58 Å². The molecule has 8 aromatic rings. The van der Waals surface area contributed by atoms with Crippen LogP contribution in [0.1, 0.15) is 25.0 Å². The molecule has 0 saturated carbocycles. The van der Waals surface area contributed by atoms with E-state index >= 15 is 0 Å². The van der Waals surface area contributed by atoms with E-state index in [1.165, 1.54) is 11.1 Å². The fourth-order valence-corrected chi connectivity index (χ4v) is 7.02. The summed E-state index contributed by atoms with van der Waals surface area (Å²) in [6.45, 7) is 4.55. The molecule has 46 heavy (non-hydrogen) atoms. The molecule has 0 aliphatic carbocycles. The highest BCUT2D eigenvalue weighted by atomic mass is 16.5. The van der Waals surface area contributed by atoms with Crippen LogP contribution in [0.2, 0.25) is 0 Å². The average molecular weight is 599 g/mol. The summed E-state index contributed by atoms with van der Waals surface area (Å²) in [5.74, 6) is 3.18. The van der Waals surface area contributed by atoms with Gasteiger partial charge in [-0.2, -0.15) is 0 Å². The number of nitrogens with zero attached hydrogens (tertiary/aromatic N) is 4. The van der Waals surface area contributed by atoms with E-state index in [9.17, 15) is 0 Å². The SMILES string of the molecule is Cn1c(-c2cccc(Oc3ccc4c(c3)N(c3ccccn3)c3c(ccc5c3oc3ccccc35)C4(C)C)c2)nc2ccccc21. The Morgan fingerprint density at radius 2 is 1.52 bits per heavy atom. The predicted molar refractivity (Wildman–Crippen MR) is 185 cm³/mol. The summed E-state index contributed by atoms with van der Waals surface area (Å²) in [6, 6.07) is 41.3. The van der Waals surface area contributed by atoms with E-state index in [4.69, 9.17) is 19.1 Å². The Labute approximate surface area is 266 Å². The van der Waals surface area contributed by atoms with Gasteiger partial charge in [-0.3, -0.25) is 4.90 Å². The summed E-state index contributed by atoms with van der Waals surface area (Å²) >= 11 is 0. The van der Waals surface area contributed by atoms with Crippen LogP contribution in [0.5, 0.6) is 11.5 Å². The fourth-order valence-electron chi connectivity index (χ4n) is 7.02. The molecule has 0 saturated heterocycles. The number of aryl methyl sites for hydroxylation is 1. The number of hydrogen-bond donors (Lipinski definition) is 0. The topological polar surface area (TPSA) is 56.3 Å². The predicted octanol–water partition coefficient (Wildman–Crippen LogP) is 10.4. The first kappa shape index (κ1) is 26.5. The van der Waals surface area contributed by atoms with Gasteiger partial charge in [-0.05, 0) is 59.7 Å². The van der Waals surface area contributed by atoms with Gasteiger partial charge in [0.25, 0.3) is 0 Å². The number of rotatable bonds is 4. The molecule has 6 nitrogen and oxygen atoms in total. The lowest BCUT2D eigenvalue weighted by molar-refractivity contribution is 0.482. The number of fused-ring (bicyclic) bond motifs is 7. The van der Waals surface area contributed by atoms with E-state index in [1.807, 2.05) is 80.0 Å². The maximum Gasteiger partial charge on any atom is 0.159 e. The second-order valence-corrected chi connectivity index (χ2v) is 12.4. The number of anilines is 3. The largest absolute Gasteiger partial charge is 0.457 e. The number of para-hydroxylation sites is 3. The highest BCUT2D eigenvalue weighted by molar-refractivity contribution is 6.12. The van der Waals surface area contributed by atoms with Crippen LogP contribution in [0, 0.1) is 0 Å². The van der Waals surface area contributed by atoms with Crippen LogP contribution >= 0.6 is 0 Å². The zero-order chi connectivity index (χ0) is 31.0. The van der Waals surface area contributed by atoms with E-state index in [1.54, 1.807) is 0 Å². The summed E-state index contributed by atoms with van der Waals surface area (Å²) in [6.07, 6.45) is 1.83. The van der Waals surface area contributed by atoms with Crippen molar-refractivity contribution in [2.45, 2.75) is 19.3 Å². The lowest BCUT2D eigenvalue weighted by Crippen LogP contribution is -2.31. The molecule has 0 unspecified atom stereocenters. The molecule has 0 atom stereocenters. The van der Waals surface area contributed by atoms with Gasteiger partial charge in [0.1, 0.15) is 28.7 Å². The van der Waals surface area contributed by atoms with Gasteiger partial charge in [0, 0.05) is 41.1 Å². The molecular weight excluding hydrogens is 568 g/mol. The van der Waals surface area contributed by atoms with Crippen LogP contribution in [-0.2, 0) is 12.5 Å². The van der Waals surface area contributed by atoms with Crippen LogP contribution in [0.15, 0.2) is 132 Å². The Kier molecular flexibility index (Phi) is 5.66. The van der Waals surface area contributed by atoms with E-state index < -0.39 is 0 Å². The molecule has 4 heterocycles. The number of hydrogen-bond acceptors (Lipinski definition) is 5. The Morgan fingerprint density at radius 3 is 2.39 bits per heavy atom. The smallest absolute Gasteiger partial charge is 0.159 e. The Bertz CT molecular complexity index is 2460. The molecule has 9 rings (SSSR count). The molecule has 1 aliphatic rings. The zero-order valence-corrected chi connectivity index (χ0v) is 25.7. The number of pyridine rings is 1. The monoisotopic (exact) mass is 598 g/mol. The molecule has 222 valence electrons. The van der Waals surface area contributed by atoms with E-state index in [-0.39, 0.29) is 5.41 Å². The van der Waals surface area contributed by atoms with Crippen molar-refractivity contribution in [3.05, 3.63) is 139 Å². The summed E-state index contributed by atoms with van der Waals surface area (Å²) in [4.78, 5) is 11.9. The molecule has 0 spiro atoms. The van der Waals surface area contributed by atoms with Crippen LogP contribution in [0.3, 0.4) is 0 Å². The van der Waals surface area contributed by atoms with Crippen LogP contribution in [0.25, 0.3) is 44.4 Å². The molecule has 1 aliphatic heterocycles. The maximum absolute atomic E-state index is 6.61. The lowest BCUT2D eigenvalue weighted by Gasteiger charge is -2.41. The Morgan fingerprint density at radius 1 is 0.717 bits per heavy atom. The number of furan rings is 1. The van der Waals surface area contributed by atoms with Crippen LogP contribution in [0.4, 0.5) is 17.2 Å². The molecule has 6 heteroatoms. The van der Waals surface area contributed by atoms with Crippen molar-refractivity contribution in [2.75, 3.05) is 4.90 Å². The number of aromatic nitrogens is 3. The molecule has 0 bridgehead atoms. The molecule has 0 fully saturated rings. The third kappa shape index (κ3) is 3.90. The number of ether oxygens (including phenoxy) is 1. The van der Waals surface area contributed by atoms with Gasteiger partial charge in [0.05, 0.1) is 22.4 Å². The summed E-state index contributed by atoms with van der Waals surface area (Å²) in [7, 11) is 2.05. The van der Waals surface area contributed by atoms with Crippen molar-refractivity contribution in [1.82, 2.24) is 14.5 Å². The van der Waals surface area contributed by atoms with Gasteiger partial charge < -0.3 is 13.7 Å². The molecule has 0 N–H and O–H groups in total. The average Bonchev–Trinajstić information content (AvgIpc) is 3.63. The van der Waals surface area contributed by atoms with E-state index in [0.29, 0.717) is 0 Å². The lowest BCUT2D eigenvalue weighted by atomic mass is 9.73. The van der Waals surface area contributed by atoms with Gasteiger partial charge in [-0.25, -0.2) is 9.97 Å². The number of imidazole rings is 1. The van der Waals surface area contributed by atoms with Crippen molar-refractivity contribution >= 4 is 50.2 Å². The van der Waals surface area contributed by atoms with Gasteiger partial charge in [0.2, 0.25) is 0 Å². The zero-order valence-electron chi connectivity index (χ0n) is 25.7. The van der Waals surface area contributed by atoms with E-state index in [0.717, 1.165) is 73.1 Å². The van der Waals surface area contributed by atoms with Gasteiger partial charge >= 0.3 is 0 Å². The minimum absolute atomic E-state index is 0.304. The van der Waals surface area contributed by atoms with Gasteiger partial charge in [-0.1, -0.05) is 80.6 Å². The molecule has 0 radical (unpaired) electrons. The summed E-state index contributed by atoms with van der Waals surface area (Å²) in [5, 5.41) is 2.18. The first-order chi connectivity index (χ1) is 22.5. The third-order valence-corrected chi connectivity index (χ3v) is 9.29. The normalized spacial score (nSPS) is 13.7. The molecule has 0 amide bonds. The minimum atomic E-state index is -0.304. The first-order valence-electron chi connectivity index (χ1n) is 15.5. The highest BCUT2D eigenvalue weighted by Gasteiger charge is 2.39. The van der Waals surface area contributed by atoms with Crippen molar-refractivity contribution in [1.29, 1.82) is 0 Å². The second-order valence-electron chi connectivity index (χ2n) is 12.4. The molecular formula is C40H30N4O2. The maximum atomic E-state index is 6.61. The van der Waals surface area contributed by atoms with E-state index in [2.05, 4.69) is 77.9 Å². The first-order valence-corrected chi connectivity index (χ1v) is 15.5. The van der Waals surface area contributed by atoms with Crippen molar-refractivity contribution < 1.29 is 9.15 Å². The molecule has 3 aromatic heterocycles. The Hall–Kier alpha value is -5.88. The minimum Gasteiger partial charge on any atom is -0.457 e. The van der Waals surface area contributed by atoms with Crippen molar-refractivity contribution in [2.24, 2.45) is 7.05 Å². The second kappa shape index (κ2) is 9.81. The highest BCUT2D eigenvalue weighted by Crippen LogP contribution is 2.55. The van der Waals surface area contributed by atoms with Crippen LogP contribution < -0.4 is 9.64 Å². The summed E-state index contributed by atoms with van der Waals surface area (Å²) < 4.78 is 15.3. The third-order valence-electron chi connectivity index (χ3n) is 9.29. The molecule has 5 aromatic carbocycles.